The van der Waals surface area contributed by atoms with Crippen molar-refractivity contribution < 1.29 is 13.9 Å². The molecule has 18 heavy (non-hydrogen) atoms. The second-order valence-corrected chi connectivity index (χ2v) is 5.12. The molecule has 0 aliphatic carbocycles. The third kappa shape index (κ3) is 1.76. The normalized spacial score (nSPS) is 13.2. The lowest BCUT2D eigenvalue weighted by atomic mass is 10.1. The maximum absolute atomic E-state index is 13.3. The van der Waals surface area contributed by atoms with Crippen molar-refractivity contribution in [1.82, 2.24) is 0 Å². The zero-order chi connectivity index (χ0) is 12.7. The van der Waals surface area contributed by atoms with E-state index in [-0.39, 0.29) is 5.82 Å². The summed E-state index contributed by atoms with van der Waals surface area (Å²) in [5.74, 6) is -0.126. The summed E-state index contributed by atoms with van der Waals surface area (Å²) in [5.41, 5.74) is 6.96. The van der Waals surface area contributed by atoms with Gasteiger partial charge in [-0.2, -0.15) is 0 Å². The van der Waals surface area contributed by atoms with Crippen molar-refractivity contribution in [1.29, 1.82) is 0 Å². The van der Waals surface area contributed by atoms with Gasteiger partial charge in [0, 0.05) is 16.9 Å². The van der Waals surface area contributed by atoms with Crippen LogP contribution in [0.2, 0.25) is 0 Å². The molecule has 1 aromatic carbocycles. The lowest BCUT2D eigenvalue weighted by Crippen LogP contribution is -2.08. The van der Waals surface area contributed by atoms with Crippen molar-refractivity contribution in [3.8, 4) is 16.2 Å². The Bertz CT molecular complexity index is 636. The average Bonchev–Trinajstić information content (AvgIpc) is 2.68. The van der Waals surface area contributed by atoms with E-state index in [0.29, 0.717) is 29.2 Å². The number of carbonyl (C=O) groups is 1. The van der Waals surface area contributed by atoms with Gasteiger partial charge in [0.05, 0.1) is 11.5 Å². The lowest BCUT2D eigenvalue weighted by Gasteiger charge is -2.06. The van der Waals surface area contributed by atoms with Crippen LogP contribution in [0.4, 0.5) is 4.39 Å². The van der Waals surface area contributed by atoms with E-state index in [0.717, 1.165) is 10.4 Å². The Kier molecular flexibility index (Phi) is 2.56. The van der Waals surface area contributed by atoms with Crippen LogP contribution in [0.5, 0.6) is 5.75 Å². The Morgan fingerprint density at radius 2 is 2.22 bits per heavy atom. The maximum atomic E-state index is 13.3. The molecule has 1 amide bonds. The van der Waals surface area contributed by atoms with E-state index in [1.807, 2.05) is 0 Å². The number of thiophene rings is 1. The van der Waals surface area contributed by atoms with Gasteiger partial charge in [0.15, 0.2) is 0 Å². The summed E-state index contributed by atoms with van der Waals surface area (Å²) < 4.78 is 18.9. The molecule has 0 fully saturated rings. The minimum absolute atomic E-state index is 0.320. The zero-order valence-corrected chi connectivity index (χ0v) is 10.2. The number of primary amides is 1. The molecule has 0 unspecified atom stereocenters. The summed E-state index contributed by atoms with van der Waals surface area (Å²) in [7, 11) is 0. The number of hydrogen-bond donors (Lipinski definition) is 1. The first-order valence-corrected chi connectivity index (χ1v) is 6.32. The quantitative estimate of drug-likeness (QED) is 0.859. The third-order valence-corrected chi connectivity index (χ3v) is 4.09. The lowest BCUT2D eigenvalue weighted by molar-refractivity contribution is 0.100. The number of nitrogens with two attached hydrogens (primary N) is 1. The summed E-state index contributed by atoms with van der Waals surface area (Å²) in [6.45, 7) is 0.514. The highest BCUT2D eigenvalue weighted by Crippen LogP contribution is 2.40. The molecule has 2 heterocycles. The maximum Gasteiger partial charge on any atom is 0.258 e. The first-order valence-electron chi connectivity index (χ1n) is 5.50. The molecule has 3 rings (SSSR count). The molecule has 0 radical (unpaired) electrons. The summed E-state index contributed by atoms with van der Waals surface area (Å²) in [4.78, 5) is 12.6. The smallest absolute Gasteiger partial charge is 0.258 e. The molecular formula is C13H10FNO2S. The van der Waals surface area contributed by atoms with Crippen LogP contribution in [0.1, 0.15) is 15.2 Å². The van der Waals surface area contributed by atoms with E-state index in [1.165, 1.54) is 23.5 Å². The number of benzene rings is 1. The molecule has 0 spiro atoms. The predicted octanol–water partition coefficient (Wildman–Crippen LogP) is 2.59. The standard InChI is InChI=1S/C13H10FNO2S/c14-8-1-2-10-9(6-8)12-7(3-4-17-10)5-11(18-12)13(15)16/h1-2,5-6H,3-4H2,(H2,15,16). The second kappa shape index (κ2) is 4.10. The van der Waals surface area contributed by atoms with Gasteiger partial charge in [-0.1, -0.05) is 0 Å². The number of ether oxygens (including phenoxy) is 1. The molecule has 0 saturated heterocycles. The fourth-order valence-electron chi connectivity index (χ4n) is 2.04. The zero-order valence-electron chi connectivity index (χ0n) is 9.40. The highest BCUT2D eigenvalue weighted by molar-refractivity contribution is 7.17. The minimum atomic E-state index is -0.452. The van der Waals surface area contributed by atoms with Crippen molar-refractivity contribution in [2.75, 3.05) is 6.61 Å². The number of fused-ring (bicyclic) bond motifs is 3. The summed E-state index contributed by atoms with van der Waals surface area (Å²) in [5, 5.41) is 0. The van der Waals surface area contributed by atoms with Gasteiger partial charge in [0.1, 0.15) is 11.6 Å². The Labute approximate surface area is 107 Å². The van der Waals surface area contributed by atoms with Crippen LogP contribution in [-0.2, 0) is 6.42 Å². The van der Waals surface area contributed by atoms with Gasteiger partial charge in [-0.15, -0.1) is 11.3 Å². The van der Waals surface area contributed by atoms with E-state index in [2.05, 4.69) is 0 Å². The molecule has 92 valence electrons. The number of rotatable bonds is 1. The van der Waals surface area contributed by atoms with Crippen LogP contribution in [0.25, 0.3) is 10.4 Å². The molecular weight excluding hydrogens is 253 g/mol. The van der Waals surface area contributed by atoms with Crippen LogP contribution in [0.3, 0.4) is 0 Å². The fraction of sp³-hybridized carbons (Fsp3) is 0.154. The Morgan fingerprint density at radius 1 is 1.39 bits per heavy atom. The minimum Gasteiger partial charge on any atom is -0.493 e. The number of carbonyl (C=O) groups excluding carboxylic acids is 1. The van der Waals surface area contributed by atoms with E-state index in [4.69, 9.17) is 10.5 Å². The van der Waals surface area contributed by atoms with Gasteiger partial charge in [0.2, 0.25) is 0 Å². The molecule has 2 N–H and O–H groups in total. The second-order valence-electron chi connectivity index (χ2n) is 4.07. The molecule has 0 saturated carbocycles. The van der Waals surface area contributed by atoms with Gasteiger partial charge in [-0.25, -0.2) is 4.39 Å². The van der Waals surface area contributed by atoms with Crippen LogP contribution in [0, 0.1) is 5.82 Å². The van der Waals surface area contributed by atoms with E-state index < -0.39 is 5.91 Å². The van der Waals surface area contributed by atoms with Crippen LogP contribution >= 0.6 is 11.3 Å². The molecule has 1 aromatic heterocycles. The third-order valence-electron chi connectivity index (χ3n) is 2.87. The largest absolute Gasteiger partial charge is 0.493 e. The topological polar surface area (TPSA) is 52.3 Å². The molecule has 2 aromatic rings. The highest BCUT2D eigenvalue weighted by Gasteiger charge is 2.20. The van der Waals surface area contributed by atoms with E-state index in [1.54, 1.807) is 12.1 Å². The summed E-state index contributed by atoms with van der Waals surface area (Å²) in [6, 6.07) is 6.18. The van der Waals surface area contributed by atoms with E-state index in [9.17, 15) is 9.18 Å². The van der Waals surface area contributed by atoms with Gasteiger partial charge < -0.3 is 10.5 Å². The van der Waals surface area contributed by atoms with Crippen LogP contribution in [0.15, 0.2) is 24.3 Å². The van der Waals surface area contributed by atoms with Gasteiger partial charge in [-0.05, 0) is 29.8 Å². The monoisotopic (exact) mass is 263 g/mol. The predicted molar refractivity (Wildman–Crippen MR) is 67.4 cm³/mol. The summed E-state index contributed by atoms with van der Waals surface area (Å²) >= 11 is 1.29. The van der Waals surface area contributed by atoms with Crippen molar-refractivity contribution >= 4 is 17.2 Å². The van der Waals surface area contributed by atoms with Gasteiger partial charge in [0.25, 0.3) is 5.91 Å². The van der Waals surface area contributed by atoms with Crippen molar-refractivity contribution in [3.63, 3.8) is 0 Å². The Hall–Kier alpha value is -1.88. The SMILES string of the molecule is NC(=O)c1cc2c(s1)-c1cc(F)ccc1OCC2. The molecule has 0 bridgehead atoms. The first-order chi connectivity index (χ1) is 8.65. The fourth-order valence-corrected chi connectivity index (χ4v) is 3.12. The Morgan fingerprint density at radius 3 is 3.00 bits per heavy atom. The van der Waals surface area contributed by atoms with E-state index >= 15 is 0 Å². The molecule has 5 heteroatoms. The number of halogens is 1. The van der Waals surface area contributed by atoms with Crippen molar-refractivity contribution in [2.45, 2.75) is 6.42 Å². The number of amides is 1. The molecule has 0 atom stereocenters. The van der Waals surface area contributed by atoms with Crippen LogP contribution in [-0.4, -0.2) is 12.5 Å². The summed E-state index contributed by atoms with van der Waals surface area (Å²) in [6.07, 6.45) is 0.690. The molecule has 1 aliphatic rings. The van der Waals surface area contributed by atoms with Crippen LogP contribution < -0.4 is 10.5 Å². The van der Waals surface area contributed by atoms with Gasteiger partial charge in [-0.3, -0.25) is 4.79 Å². The first kappa shape index (κ1) is 11.2. The highest BCUT2D eigenvalue weighted by atomic mass is 32.1. The average molecular weight is 263 g/mol. The Balaban J connectivity index is 2.22. The molecule has 1 aliphatic heterocycles. The number of hydrogen-bond acceptors (Lipinski definition) is 3. The van der Waals surface area contributed by atoms with Gasteiger partial charge >= 0.3 is 0 Å². The molecule has 3 nitrogen and oxygen atoms in total. The van der Waals surface area contributed by atoms with Crippen molar-refractivity contribution in [3.05, 3.63) is 40.5 Å². The van der Waals surface area contributed by atoms with Crippen molar-refractivity contribution in [2.24, 2.45) is 5.73 Å².